The van der Waals surface area contributed by atoms with Gasteiger partial charge in [-0.3, -0.25) is 9.13 Å². The SMILES string of the molecule is c1ccc(-c2cccc(-c3cccc(-c4cccc(-c5ccc(-c6nc(-n7c8ccccc8c8ccccc87)nc(-n7c8ccccc8c8ccccc87)n6)cc5)c4)c3)c2)cc1. The molecule has 62 heavy (non-hydrogen) atoms. The molecule has 0 atom stereocenters. The smallest absolute Gasteiger partial charge is 0.240 e. The lowest BCUT2D eigenvalue weighted by Gasteiger charge is -2.13. The molecule has 9 aromatic carbocycles. The summed E-state index contributed by atoms with van der Waals surface area (Å²) in [5.41, 5.74) is 14.5. The quantitative estimate of drug-likeness (QED) is 0.162. The van der Waals surface area contributed by atoms with Crippen molar-refractivity contribution in [3.05, 3.63) is 224 Å². The van der Waals surface area contributed by atoms with Crippen LogP contribution in [0.4, 0.5) is 0 Å². The number of nitrogens with zero attached hydrogens (tertiary/aromatic N) is 5. The zero-order chi connectivity index (χ0) is 41.0. The van der Waals surface area contributed by atoms with Crippen LogP contribution in [-0.2, 0) is 0 Å². The number of benzene rings is 9. The standard InChI is InChI=1S/C57H37N5/c1-2-15-38(16-3-1)41-17-12-19-43(35-41)45-21-14-22-46(37-45)44-20-13-18-42(36-44)39-31-33-40(34-32-39)55-58-56(61-51-27-8-4-23-47(51)48-24-5-9-28-52(48)61)60-57(59-55)62-53-29-10-6-25-49(53)50-26-7-11-30-54(50)62/h1-37H. The number of hydrogen-bond donors (Lipinski definition) is 0. The maximum Gasteiger partial charge on any atom is 0.240 e. The molecule has 0 saturated carbocycles. The Labute approximate surface area is 358 Å². The minimum atomic E-state index is 0.565. The summed E-state index contributed by atoms with van der Waals surface area (Å²) in [7, 11) is 0. The number of para-hydroxylation sites is 4. The van der Waals surface area contributed by atoms with E-state index in [1.165, 1.54) is 27.8 Å². The van der Waals surface area contributed by atoms with Crippen molar-refractivity contribution in [1.29, 1.82) is 0 Å². The number of rotatable bonds is 7. The van der Waals surface area contributed by atoms with E-state index in [-0.39, 0.29) is 0 Å². The lowest BCUT2D eigenvalue weighted by atomic mass is 9.94. The summed E-state index contributed by atoms with van der Waals surface area (Å²) in [4.78, 5) is 15.8. The number of fused-ring (bicyclic) bond motifs is 6. The fourth-order valence-electron chi connectivity index (χ4n) is 9.04. The summed E-state index contributed by atoms with van der Waals surface area (Å²) >= 11 is 0. The van der Waals surface area contributed by atoms with Gasteiger partial charge >= 0.3 is 0 Å². The Bertz CT molecular complexity index is 3400. The molecule has 290 valence electrons. The fourth-order valence-corrected chi connectivity index (χ4v) is 9.04. The second kappa shape index (κ2) is 14.7. The average molecular weight is 792 g/mol. The molecular weight excluding hydrogens is 755 g/mol. The van der Waals surface area contributed by atoms with E-state index in [0.717, 1.165) is 65.9 Å². The first-order valence-corrected chi connectivity index (χ1v) is 20.9. The van der Waals surface area contributed by atoms with Crippen LogP contribution in [0.2, 0.25) is 0 Å². The second-order valence-corrected chi connectivity index (χ2v) is 15.7. The molecule has 0 radical (unpaired) electrons. The summed E-state index contributed by atoms with van der Waals surface area (Å²) in [6.07, 6.45) is 0. The average Bonchev–Trinajstić information content (AvgIpc) is 3.88. The van der Waals surface area contributed by atoms with E-state index in [9.17, 15) is 0 Å². The highest BCUT2D eigenvalue weighted by atomic mass is 15.3. The lowest BCUT2D eigenvalue weighted by Crippen LogP contribution is -2.10. The van der Waals surface area contributed by atoms with Gasteiger partial charge in [0.15, 0.2) is 5.82 Å². The van der Waals surface area contributed by atoms with Crippen LogP contribution in [0.25, 0.3) is 111 Å². The summed E-state index contributed by atoms with van der Waals surface area (Å²) in [6.45, 7) is 0. The summed E-state index contributed by atoms with van der Waals surface area (Å²) in [6, 6.07) is 79.4. The fraction of sp³-hybridized carbons (Fsp3) is 0. The Balaban J connectivity index is 0.950. The van der Waals surface area contributed by atoms with E-state index in [0.29, 0.717) is 17.7 Å². The van der Waals surface area contributed by atoms with Gasteiger partial charge in [-0.2, -0.15) is 15.0 Å². The Kier molecular flexibility index (Phi) is 8.42. The van der Waals surface area contributed by atoms with Crippen LogP contribution < -0.4 is 0 Å². The Morgan fingerprint density at radius 2 is 0.516 bits per heavy atom. The van der Waals surface area contributed by atoms with Gasteiger partial charge in [-0.25, -0.2) is 0 Å². The summed E-state index contributed by atoms with van der Waals surface area (Å²) < 4.78 is 4.34. The van der Waals surface area contributed by atoms with Crippen molar-refractivity contribution in [1.82, 2.24) is 24.1 Å². The van der Waals surface area contributed by atoms with Gasteiger partial charge in [-0.05, 0) is 87.0 Å². The first kappa shape index (κ1) is 35.5. The third-order valence-electron chi connectivity index (χ3n) is 12.0. The Hall–Kier alpha value is -8.41. The van der Waals surface area contributed by atoms with Crippen molar-refractivity contribution in [3.8, 4) is 67.8 Å². The molecule has 12 aromatic rings. The van der Waals surface area contributed by atoms with Crippen molar-refractivity contribution >= 4 is 43.6 Å². The highest BCUT2D eigenvalue weighted by Crippen LogP contribution is 2.36. The molecule has 0 unspecified atom stereocenters. The normalized spacial score (nSPS) is 11.5. The summed E-state index contributed by atoms with van der Waals surface area (Å²) in [5.74, 6) is 1.73. The highest BCUT2D eigenvalue weighted by molar-refractivity contribution is 6.10. The largest absolute Gasteiger partial charge is 0.278 e. The van der Waals surface area contributed by atoms with E-state index in [2.05, 4.69) is 234 Å². The molecule has 5 heteroatoms. The predicted octanol–water partition coefficient (Wildman–Crippen LogP) is 14.4. The molecule has 0 saturated heterocycles. The predicted molar refractivity (Wildman–Crippen MR) is 256 cm³/mol. The van der Waals surface area contributed by atoms with Crippen molar-refractivity contribution in [2.75, 3.05) is 0 Å². The molecule has 0 aliphatic rings. The molecule has 5 nitrogen and oxygen atoms in total. The maximum absolute atomic E-state index is 5.30. The molecule has 3 aromatic heterocycles. The molecule has 0 spiro atoms. The molecule has 0 fully saturated rings. The minimum Gasteiger partial charge on any atom is -0.278 e. The van der Waals surface area contributed by atoms with Crippen LogP contribution >= 0.6 is 0 Å². The molecule has 12 rings (SSSR count). The third-order valence-corrected chi connectivity index (χ3v) is 12.0. The number of aromatic nitrogens is 5. The lowest BCUT2D eigenvalue weighted by molar-refractivity contribution is 0.893. The summed E-state index contributed by atoms with van der Waals surface area (Å²) in [5, 5.41) is 4.61. The second-order valence-electron chi connectivity index (χ2n) is 15.7. The van der Waals surface area contributed by atoms with E-state index in [1.807, 2.05) is 0 Å². The van der Waals surface area contributed by atoms with Crippen LogP contribution in [0, 0.1) is 0 Å². The maximum atomic E-state index is 5.30. The topological polar surface area (TPSA) is 48.5 Å². The van der Waals surface area contributed by atoms with E-state index < -0.39 is 0 Å². The zero-order valence-electron chi connectivity index (χ0n) is 33.6. The minimum absolute atomic E-state index is 0.565. The molecular formula is C57H37N5. The van der Waals surface area contributed by atoms with Crippen molar-refractivity contribution in [3.63, 3.8) is 0 Å². The van der Waals surface area contributed by atoms with Gasteiger partial charge in [-0.1, -0.05) is 182 Å². The van der Waals surface area contributed by atoms with Gasteiger partial charge in [-0.15, -0.1) is 0 Å². The Morgan fingerprint density at radius 1 is 0.226 bits per heavy atom. The zero-order valence-corrected chi connectivity index (χ0v) is 33.6. The van der Waals surface area contributed by atoms with E-state index in [1.54, 1.807) is 0 Å². The van der Waals surface area contributed by atoms with E-state index >= 15 is 0 Å². The van der Waals surface area contributed by atoms with Gasteiger partial charge in [0.05, 0.1) is 22.1 Å². The van der Waals surface area contributed by atoms with Gasteiger partial charge in [0.1, 0.15) is 0 Å². The first-order chi connectivity index (χ1) is 30.7. The van der Waals surface area contributed by atoms with Crippen LogP contribution in [0.1, 0.15) is 0 Å². The van der Waals surface area contributed by atoms with Crippen molar-refractivity contribution < 1.29 is 0 Å². The van der Waals surface area contributed by atoms with Gasteiger partial charge in [0, 0.05) is 27.1 Å². The molecule has 0 N–H and O–H groups in total. The third kappa shape index (κ3) is 6.06. The molecule has 0 aliphatic carbocycles. The van der Waals surface area contributed by atoms with Crippen LogP contribution in [0.5, 0.6) is 0 Å². The highest BCUT2D eigenvalue weighted by Gasteiger charge is 2.20. The van der Waals surface area contributed by atoms with E-state index in [4.69, 9.17) is 15.0 Å². The van der Waals surface area contributed by atoms with Gasteiger partial charge in [0.25, 0.3) is 0 Å². The molecule has 0 amide bonds. The molecule has 3 heterocycles. The molecule has 0 aliphatic heterocycles. The van der Waals surface area contributed by atoms with Gasteiger partial charge < -0.3 is 0 Å². The van der Waals surface area contributed by atoms with Crippen molar-refractivity contribution in [2.45, 2.75) is 0 Å². The van der Waals surface area contributed by atoms with Crippen LogP contribution in [0.3, 0.4) is 0 Å². The Morgan fingerprint density at radius 3 is 0.903 bits per heavy atom. The first-order valence-electron chi connectivity index (χ1n) is 20.9. The van der Waals surface area contributed by atoms with Crippen LogP contribution in [-0.4, -0.2) is 24.1 Å². The van der Waals surface area contributed by atoms with Crippen molar-refractivity contribution in [2.24, 2.45) is 0 Å². The van der Waals surface area contributed by atoms with Crippen LogP contribution in [0.15, 0.2) is 224 Å². The number of hydrogen-bond acceptors (Lipinski definition) is 3. The monoisotopic (exact) mass is 791 g/mol. The molecule has 0 bridgehead atoms. The van der Waals surface area contributed by atoms with Gasteiger partial charge in [0.2, 0.25) is 11.9 Å².